The van der Waals surface area contributed by atoms with Crippen LogP contribution in [0.3, 0.4) is 0 Å². The quantitative estimate of drug-likeness (QED) is 0.801. The van der Waals surface area contributed by atoms with Gasteiger partial charge < -0.3 is 10.5 Å². The number of para-hydroxylation sites is 1. The first kappa shape index (κ1) is 13.8. The van der Waals surface area contributed by atoms with Crippen LogP contribution >= 0.6 is 0 Å². The second-order valence-corrected chi connectivity index (χ2v) is 4.57. The number of ether oxygens (including phenoxy) is 1. The molecule has 0 radical (unpaired) electrons. The SMILES string of the molecule is NC(=O)c1ccccc1-c1cncnc1Oc1ccccc1. The summed E-state index contributed by atoms with van der Waals surface area (Å²) in [7, 11) is 0. The highest BCUT2D eigenvalue weighted by Gasteiger charge is 2.15. The molecule has 0 fully saturated rings. The van der Waals surface area contributed by atoms with Crippen LogP contribution in [0.4, 0.5) is 0 Å². The summed E-state index contributed by atoms with van der Waals surface area (Å²) < 4.78 is 5.80. The lowest BCUT2D eigenvalue weighted by atomic mass is 10.0. The molecule has 0 aliphatic carbocycles. The average molecular weight is 291 g/mol. The first-order chi connectivity index (χ1) is 10.8. The van der Waals surface area contributed by atoms with Gasteiger partial charge in [-0.2, -0.15) is 0 Å². The molecule has 3 rings (SSSR count). The van der Waals surface area contributed by atoms with Gasteiger partial charge in [-0.1, -0.05) is 36.4 Å². The molecular weight excluding hydrogens is 278 g/mol. The number of benzene rings is 2. The van der Waals surface area contributed by atoms with E-state index in [1.165, 1.54) is 6.33 Å². The number of hydrogen-bond acceptors (Lipinski definition) is 4. The van der Waals surface area contributed by atoms with Crippen molar-refractivity contribution >= 4 is 5.91 Å². The third-order valence-electron chi connectivity index (χ3n) is 3.12. The van der Waals surface area contributed by atoms with Gasteiger partial charge in [0.2, 0.25) is 11.8 Å². The van der Waals surface area contributed by atoms with Crippen molar-refractivity contribution < 1.29 is 9.53 Å². The minimum absolute atomic E-state index is 0.370. The molecule has 2 aromatic carbocycles. The first-order valence-corrected chi connectivity index (χ1v) is 6.68. The van der Waals surface area contributed by atoms with Crippen LogP contribution in [0.15, 0.2) is 67.1 Å². The van der Waals surface area contributed by atoms with E-state index in [2.05, 4.69) is 9.97 Å². The zero-order chi connectivity index (χ0) is 15.4. The van der Waals surface area contributed by atoms with Gasteiger partial charge in [0.15, 0.2) is 0 Å². The lowest BCUT2D eigenvalue weighted by molar-refractivity contribution is 0.100. The van der Waals surface area contributed by atoms with Crippen LogP contribution in [0.5, 0.6) is 11.6 Å². The van der Waals surface area contributed by atoms with Gasteiger partial charge >= 0.3 is 0 Å². The molecule has 0 saturated carbocycles. The van der Waals surface area contributed by atoms with Crippen molar-refractivity contribution in [1.82, 2.24) is 9.97 Å². The molecule has 5 nitrogen and oxygen atoms in total. The molecule has 22 heavy (non-hydrogen) atoms. The number of amides is 1. The van der Waals surface area contributed by atoms with E-state index >= 15 is 0 Å². The van der Waals surface area contributed by atoms with Gasteiger partial charge in [-0.3, -0.25) is 4.79 Å². The maximum Gasteiger partial charge on any atom is 0.249 e. The normalized spacial score (nSPS) is 10.2. The van der Waals surface area contributed by atoms with Crippen LogP contribution < -0.4 is 10.5 Å². The van der Waals surface area contributed by atoms with Gasteiger partial charge in [-0.05, 0) is 18.2 Å². The summed E-state index contributed by atoms with van der Waals surface area (Å²) in [5.74, 6) is 0.513. The molecule has 1 aromatic heterocycles. The summed E-state index contributed by atoms with van der Waals surface area (Å²) in [6.07, 6.45) is 3.00. The van der Waals surface area contributed by atoms with Gasteiger partial charge in [0.05, 0.1) is 5.56 Å². The maximum atomic E-state index is 11.6. The van der Waals surface area contributed by atoms with Crippen LogP contribution in [0.25, 0.3) is 11.1 Å². The highest BCUT2D eigenvalue weighted by atomic mass is 16.5. The van der Waals surface area contributed by atoms with Crippen molar-refractivity contribution in [3.63, 3.8) is 0 Å². The summed E-state index contributed by atoms with van der Waals surface area (Å²) in [5, 5.41) is 0. The van der Waals surface area contributed by atoms with Crippen LogP contribution in [-0.4, -0.2) is 15.9 Å². The van der Waals surface area contributed by atoms with Crippen LogP contribution in [0.1, 0.15) is 10.4 Å². The van der Waals surface area contributed by atoms with Gasteiger partial charge in [-0.25, -0.2) is 9.97 Å². The number of hydrogen-bond donors (Lipinski definition) is 1. The lowest BCUT2D eigenvalue weighted by Crippen LogP contribution is -2.12. The highest BCUT2D eigenvalue weighted by Crippen LogP contribution is 2.32. The maximum absolute atomic E-state index is 11.6. The van der Waals surface area contributed by atoms with E-state index in [1.54, 1.807) is 24.4 Å². The summed E-state index contributed by atoms with van der Waals surface area (Å²) in [5.41, 5.74) is 7.08. The molecule has 3 aromatic rings. The van der Waals surface area contributed by atoms with Crippen LogP contribution in [0, 0.1) is 0 Å². The lowest BCUT2D eigenvalue weighted by Gasteiger charge is -2.11. The third-order valence-corrected chi connectivity index (χ3v) is 3.12. The number of nitrogens with zero attached hydrogens (tertiary/aromatic N) is 2. The zero-order valence-electron chi connectivity index (χ0n) is 11.6. The molecule has 0 aliphatic rings. The topological polar surface area (TPSA) is 78.1 Å². The number of carbonyl (C=O) groups is 1. The summed E-state index contributed by atoms with van der Waals surface area (Å²) in [4.78, 5) is 19.8. The van der Waals surface area contributed by atoms with E-state index in [0.717, 1.165) is 0 Å². The van der Waals surface area contributed by atoms with Crippen molar-refractivity contribution in [3.05, 3.63) is 72.7 Å². The molecule has 0 aliphatic heterocycles. The molecule has 108 valence electrons. The Morgan fingerprint density at radius 3 is 2.45 bits per heavy atom. The molecule has 2 N–H and O–H groups in total. The number of primary amides is 1. The fourth-order valence-electron chi connectivity index (χ4n) is 2.12. The molecule has 0 atom stereocenters. The van der Waals surface area contributed by atoms with Crippen molar-refractivity contribution in [1.29, 1.82) is 0 Å². The third kappa shape index (κ3) is 2.78. The van der Waals surface area contributed by atoms with E-state index in [1.807, 2.05) is 36.4 Å². The van der Waals surface area contributed by atoms with Crippen molar-refractivity contribution in [2.24, 2.45) is 5.73 Å². The fourth-order valence-corrected chi connectivity index (χ4v) is 2.12. The fraction of sp³-hybridized carbons (Fsp3) is 0. The number of carbonyl (C=O) groups excluding carboxylic acids is 1. The van der Waals surface area contributed by atoms with E-state index in [0.29, 0.717) is 28.3 Å². The van der Waals surface area contributed by atoms with Crippen molar-refractivity contribution in [3.8, 4) is 22.8 Å². The van der Waals surface area contributed by atoms with E-state index in [-0.39, 0.29) is 0 Å². The summed E-state index contributed by atoms with van der Waals surface area (Å²) in [6, 6.07) is 16.3. The standard InChI is InChI=1S/C17H13N3O2/c18-16(21)14-9-5-4-8-13(14)15-10-19-11-20-17(15)22-12-6-2-1-3-7-12/h1-11H,(H2,18,21). The Morgan fingerprint density at radius 1 is 0.955 bits per heavy atom. The van der Waals surface area contributed by atoms with Crippen LogP contribution in [-0.2, 0) is 0 Å². The molecule has 0 saturated heterocycles. The smallest absolute Gasteiger partial charge is 0.249 e. The molecule has 0 bridgehead atoms. The van der Waals surface area contributed by atoms with Gasteiger partial charge in [0, 0.05) is 17.3 Å². The Bertz CT molecular complexity index is 804. The average Bonchev–Trinajstić information content (AvgIpc) is 2.56. The first-order valence-electron chi connectivity index (χ1n) is 6.68. The van der Waals surface area contributed by atoms with E-state index < -0.39 is 5.91 Å². The molecular formula is C17H13N3O2. The second kappa shape index (κ2) is 6.05. The Morgan fingerprint density at radius 2 is 1.68 bits per heavy atom. The Balaban J connectivity index is 2.08. The van der Waals surface area contributed by atoms with E-state index in [9.17, 15) is 4.79 Å². The number of aromatic nitrogens is 2. The molecule has 1 amide bonds. The Hall–Kier alpha value is -3.21. The van der Waals surface area contributed by atoms with Gasteiger partial charge in [0.25, 0.3) is 0 Å². The monoisotopic (exact) mass is 291 g/mol. The van der Waals surface area contributed by atoms with Crippen LogP contribution in [0.2, 0.25) is 0 Å². The Labute approximate surface area is 127 Å². The number of nitrogens with two attached hydrogens (primary N) is 1. The highest BCUT2D eigenvalue weighted by molar-refractivity contribution is 6.00. The predicted molar refractivity (Wildman–Crippen MR) is 82.5 cm³/mol. The largest absolute Gasteiger partial charge is 0.438 e. The zero-order valence-corrected chi connectivity index (χ0v) is 11.6. The number of rotatable bonds is 4. The predicted octanol–water partition coefficient (Wildman–Crippen LogP) is 3.03. The molecule has 0 spiro atoms. The molecule has 5 heteroatoms. The minimum Gasteiger partial charge on any atom is -0.438 e. The van der Waals surface area contributed by atoms with Crippen molar-refractivity contribution in [2.45, 2.75) is 0 Å². The van der Waals surface area contributed by atoms with E-state index in [4.69, 9.17) is 10.5 Å². The summed E-state index contributed by atoms with van der Waals surface area (Å²) >= 11 is 0. The second-order valence-electron chi connectivity index (χ2n) is 4.57. The van der Waals surface area contributed by atoms with Gasteiger partial charge in [-0.15, -0.1) is 0 Å². The molecule has 1 heterocycles. The minimum atomic E-state index is -0.509. The van der Waals surface area contributed by atoms with Crippen molar-refractivity contribution in [2.75, 3.05) is 0 Å². The van der Waals surface area contributed by atoms with Gasteiger partial charge in [0.1, 0.15) is 12.1 Å². The summed E-state index contributed by atoms with van der Waals surface area (Å²) in [6.45, 7) is 0. The molecule has 0 unspecified atom stereocenters. The Kier molecular flexibility index (Phi) is 3.78.